The molecule has 0 heterocycles. The van der Waals surface area contributed by atoms with Crippen molar-refractivity contribution in [3.8, 4) is 0 Å². The minimum Gasteiger partial charge on any atom is -0.179 e. The first-order valence-electron chi connectivity index (χ1n) is 3.44. The fourth-order valence-corrected chi connectivity index (χ4v) is 0. The molecule has 0 saturated heterocycles. The molecule has 0 bridgehead atoms. The van der Waals surface area contributed by atoms with Crippen molar-refractivity contribution in [3.05, 3.63) is 0 Å². The summed E-state index contributed by atoms with van der Waals surface area (Å²) in [5.74, 6) is 1.01. The zero-order valence-corrected chi connectivity index (χ0v) is 7.17. The minimum atomic E-state index is 1.01. The van der Waals surface area contributed by atoms with E-state index in [4.69, 9.17) is 0 Å². The van der Waals surface area contributed by atoms with Gasteiger partial charge < -0.3 is 0 Å². The quantitative estimate of drug-likeness (QED) is 0.551. The highest BCUT2D eigenvalue weighted by molar-refractivity contribution is 7.80. The summed E-state index contributed by atoms with van der Waals surface area (Å²) in [4.78, 5) is 0. The van der Waals surface area contributed by atoms with Gasteiger partial charge in [0.1, 0.15) is 0 Å². The Balaban J connectivity index is 0. The fourth-order valence-electron chi connectivity index (χ4n) is 0. The minimum absolute atomic E-state index is 1.01. The third kappa shape index (κ3) is 32.9. The van der Waals surface area contributed by atoms with Crippen LogP contribution >= 0.6 is 12.6 Å². The third-order valence-electron chi connectivity index (χ3n) is 0.724. The molecule has 0 spiro atoms. The Labute approximate surface area is 59.1 Å². The van der Waals surface area contributed by atoms with Gasteiger partial charge in [-0.1, -0.05) is 33.6 Å². The molecule has 0 aliphatic carbocycles. The van der Waals surface area contributed by atoms with Crippen LogP contribution in [0.1, 0.15) is 40.0 Å². The number of rotatable bonds is 2. The maximum Gasteiger partial charge on any atom is -0.0101 e. The Morgan fingerprint density at radius 3 is 1.12 bits per heavy atom. The van der Waals surface area contributed by atoms with Gasteiger partial charge in [0.15, 0.2) is 0 Å². The molecule has 0 radical (unpaired) electrons. The van der Waals surface area contributed by atoms with Crippen molar-refractivity contribution < 1.29 is 0 Å². The van der Waals surface area contributed by atoms with Crippen LogP contribution in [0, 0.1) is 0 Å². The number of thiol groups is 1. The molecule has 0 nitrogen and oxygen atoms in total. The molecule has 0 rings (SSSR count). The average molecular weight is 134 g/mol. The molecule has 0 aromatic carbocycles. The van der Waals surface area contributed by atoms with Gasteiger partial charge >= 0.3 is 0 Å². The van der Waals surface area contributed by atoms with Crippen molar-refractivity contribution in [3.63, 3.8) is 0 Å². The summed E-state index contributed by atoms with van der Waals surface area (Å²) in [5, 5.41) is 0. The number of hydrogen-bond acceptors (Lipinski definition) is 1. The van der Waals surface area contributed by atoms with Gasteiger partial charge in [0.25, 0.3) is 0 Å². The molecule has 52 valence electrons. The monoisotopic (exact) mass is 134 g/mol. The fraction of sp³-hybridized carbons (Fsp3) is 1.00. The first-order valence-corrected chi connectivity index (χ1v) is 4.07. The van der Waals surface area contributed by atoms with Crippen LogP contribution in [0.3, 0.4) is 0 Å². The lowest BCUT2D eigenvalue weighted by Crippen LogP contribution is -1.56. The molecule has 0 fully saturated rings. The standard InChI is InChI=1S/C4H10.C3H8S/c1-3-4-2;1-2-3-4/h3-4H2,1-2H3;4H,2-3H2,1H3. The van der Waals surface area contributed by atoms with E-state index in [9.17, 15) is 0 Å². The molecule has 0 N–H and O–H groups in total. The van der Waals surface area contributed by atoms with Crippen LogP contribution in [0.25, 0.3) is 0 Å². The first kappa shape index (κ1) is 11.2. The predicted octanol–water partition coefficient (Wildman–Crippen LogP) is 3.13. The summed E-state index contributed by atoms with van der Waals surface area (Å²) in [7, 11) is 0. The first-order chi connectivity index (χ1) is 3.83. The summed E-state index contributed by atoms with van der Waals surface area (Å²) >= 11 is 3.92. The van der Waals surface area contributed by atoms with E-state index >= 15 is 0 Å². The molecule has 0 saturated carbocycles. The summed E-state index contributed by atoms with van der Waals surface area (Å²) in [5.41, 5.74) is 0. The van der Waals surface area contributed by atoms with Crippen LogP contribution in [-0.4, -0.2) is 5.75 Å². The largest absolute Gasteiger partial charge is 0.179 e. The second kappa shape index (κ2) is 15.7. The van der Waals surface area contributed by atoms with Crippen molar-refractivity contribution >= 4 is 12.6 Å². The highest BCUT2D eigenvalue weighted by Gasteiger charge is 1.57. The molecule has 0 unspecified atom stereocenters. The number of hydrogen-bond donors (Lipinski definition) is 1. The lowest BCUT2D eigenvalue weighted by Gasteiger charge is -1.68. The molecule has 1 heteroatoms. The van der Waals surface area contributed by atoms with E-state index in [-0.39, 0.29) is 0 Å². The van der Waals surface area contributed by atoms with Crippen LogP contribution in [0.4, 0.5) is 0 Å². The van der Waals surface area contributed by atoms with Gasteiger partial charge in [0.05, 0.1) is 0 Å². The van der Waals surface area contributed by atoms with Crippen LogP contribution in [0.2, 0.25) is 0 Å². The van der Waals surface area contributed by atoms with Crippen molar-refractivity contribution in [1.82, 2.24) is 0 Å². The van der Waals surface area contributed by atoms with E-state index in [1.807, 2.05) is 0 Å². The van der Waals surface area contributed by atoms with E-state index in [1.54, 1.807) is 0 Å². The van der Waals surface area contributed by atoms with Crippen molar-refractivity contribution in [2.24, 2.45) is 0 Å². The van der Waals surface area contributed by atoms with Crippen molar-refractivity contribution in [1.29, 1.82) is 0 Å². The highest BCUT2D eigenvalue weighted by Crippen LogP contribution is 1.76. The van der Waals surface area contributed by atoms with E-state index in [2.05, 4.69) is 33.4 Å². The van der Waals surface area contributed by atoms with Crippen LogP contribution in [0.5, 0.6) is 0 Å². The maximum absolute atomic E-state index is 3.92. The van der Waals surface area contributed by atoms with Gasteiger partial charge in [-0.15, -0.1) is 0 Å². The van der Waals surface area contributed by atoms with Crippen molar-refractivity contribution in [2.45, 2.75) is 40.0 Å². The maximum atomic E-state index is 3.92. The molecular formula is C7H18S. The average Bonchev–Trinajstić information content (AvgIpc) is 1.88. The van der Waals surface area contributed by atoms with Crippen LogP contribution < -0.4 is 0 Å². The Hall–Kier alpha value is 0.350. The smallest absolute Gasteiger partial charge is 0.0101 e. The number of unbranched alkanes of at least 4 members (excludes halogenated alkanes) is 1. The predicted molar refractivity (Wildman–Crippen MR) is 44.7 cm³/mol. The van der Waals surface area contributed by atoms with Gasteiger partial charge in [-0.05, 0) is 12.2 Å². The Kier molecular flexibility index (Phi) is 21.9. The molecule has 0 aliphatic rings. The topological polar surface area (TPSA) is 0 Å². The summed E-state index contributed by atoms with van der Waals surface area (Å²) in [6.45, 7) is 6.47. The van der Waals surface area contributed by atoms with Gasteiger partial charge in [-0.3, -0.25) is 0 Å². The third-order valence-corrected chi connectivity index (χ3v) is 1.17. The van der Waals surface area contributed by atoms with E-state index in [0.717, 1.165) is 5.75 Å². The van der Waals surface area contributed by atoms with E-state index in [1.165, 1.54) is 19.3 Å². The zero-order valence-electron chi connectivity index (χ0n) is 6.28. The molecule has 0 aromatic heterocycles. The molecule has 8 heavy (non-hydrogen) atoms. The van der Waals surface area contributed by atoms with Gasteiger partial charge in [0, 0.05) is 0 Å². The molecule has 0 amide bonds. The van der Waals surface area contributed by atoms with Crippen LogP contribution in [0.15, 0.2) is 0 Å². The lowest BCUT2D eigenvalue weighted by molar-refractivity contribution is 0.886. The van der Waals surface area contributed by atoms with Gasteiger partial charge in [-0.2, -0.15) is 12.6 Å². The Bertz CT molecular complexity index is 12.3. The van der Waals surface area contributed by atoms with Gasteiger partial charge in [-0.25, -0.2) is 0 Å². The second-order valence-corrected chi connectivity index (χ2v) is 2.17. The highest BCUT2D eigenvalue weighted by atomic mass is 32.1. The second-order valence-electron chi connectivity index (χ2n) is 1.72. The summed E-state index contributed by atoms with van der Waals surface area (Å²) in [6.07, 6.45) is 3.82. The van der Waals surface area contributed by atoms with Gasteiger partial charge in [0.2, 0.25) is 0 Å². The Morgan fingerprint density at radius 2 is 1.12 bits per heavy atom. The van der Waals surface area contributed by atoms with Crippen molar-refractivity contribution in [2.75, 3.05) is 5.75 Å². The van der Waals surface area contributed by atoms with Crippen LogP contribution in [-0.2, 0) is 0 Å². The van der Waals surface area contributed by atoms with E-state index < -0.39 is 0 Å². The Morgan fingerprint density at radius 1 is 0.875 bits per heavy atom. The molecule has 0 aliphatic heterocycles. The molecular weight excluding hydrogens is 116 g/mol. The molecule has 0 aromatic rings. The summed E-state index contributed by atoms with van der Waals surface area (Å²) < 4.78 is 0. The normalized spacial score (nSPS) is 7.50. The lowest BCUT2D eigenvalue weighted by atomic mass is 10.4. The van der Waals surface area contributed by atoms with E-state index in [0.29, 0.717) is 0 Å². The SMILES string of the molecule is CCCC.CCCS. The summed E-state index contributed by atoms with van der Waals surface area (Å²) in [6, 6.07) is 0. The molecule has 0 atom stereocenters. The zero-order chi connectivity index (χ0) is 6.83.